The monoisotopic (exact) mass is 520 g/mol. The van der Waals surface area contributed by atoms with Crippen LogP contribution < -0.4 is 4.90 Å². The first-order chi connectivity index (χ1) is 14.7. The molecular weight excluding hydrogens is 509 g/mol. The molecule has 1 aliphatic heterocycles. The number of alkyl halides is 6. The molecule has 0 spiro atoms. The second-order valence-electron chi connectivity index (χ2n) is 6.81. The highest BCUT2D eigenvalue weighted by Gasteiger charge is 2.52. The van der Waals surface area contributed by atoms with Gasteiger partial charge in [-0.05, 0) is 31.4 Å². The smallest absolute Gasteiger partial charge is 0.355 e. The minimum atomic E-state index is -6.06. The molecule has 2 aromatic rings. The summed E-state index contributed by atoms with van der Waals surface area (Å²) in [7, 11) is -6.06. The molecule has 0 radical (unpaired) electrons. The fourth-order valence-corrected chi connectivity index (χ4v) is 4.98. The van der Waals surface area contributed by atoms with Crippen molar-refractivity contribution in [2.24, 2.45) is 0 Å². The Balaban J connectivity index is 2.39. The predicted molar refractivity (Wildman–Crippen MR) is 103 cm³/mol. The number of hydrogen-bond acceptors (Lipinski definition) is 5. The number of rotatable bonds is 3. The standard InChI is InChI=1S/C17H12Cl2F6N4O2S/c18-10-6-9(16(20,21)22)7-11(19)13(10)29-15(28-4-2-1-3-5-28)14(12(8-26)27-29)32(30,31)17(23,24)25/h6-7H,1-5H2. The molecule has 174 valence electrons. The summed E-state index contributed by atoms with van der Waals surface area (Å²) in [5, 5.41) is 11.7. The van der Waals surface area contributed by atoms with E-state index in [4.69, 9.17) is 23.2 Å². The van der Waals surface area contributed by atoms with Crippen molar-refractivity contribution in [1.29, 1.82) is 5.26 Å². The van der Waals surface area contributed by atoms with E-state index in [-0.39, 0.29) is 13.1 Å². The molecule has 0 atom stereocenters. The van der Waals surface area contributed by atoms with Gasteiger partial charge in [-0.15, -0.1) is 0 Å². The van der Waals surface area contributed by atoms with E-state index in [0.29, 0.717) is 29.7 Å². The van der Waals surface area contributed by atoms with Crippen LogP contribution in [0.5, 0.6) is 0 Å². The lowest BCUT2D eigenvalue weighted by Crippen LogP contribution is -2.34. The Hall–Kier alpha value is -2.17. The van der Waals surface area contributed by atoms with Gasteiger partial charge in [0.25, 0.3) is 9.84 Å². The number of nitriles is 1. The van der Waals surface area contributed by atoms with Crippen LogP contribution in [0.15, 0.2) is 17.0 Å². The molecular formula is C17H12Cl2F6N4O2S. The summed E-state index contributed by atoms with van der Waals surface area (Å²) in [5.41, 5.74) is -8.56. The van der Waals surface area contributed by atoms with Gasteiger partial charge in [0, 0.05) is 13.1 Å². The van der Waals surface area contributed by atoms with Crippen molar-refractivity contribution in [2.45, 2.75) is 35.8 Å². The maximum absolute atomic E-state index is 13.4. The van der Waals surface area contributed by atoms with Gasteiger partial charge in [-0.2, -0.15) is 36.7 Å². The van der Waals surface area contributed by atoms with E-state index in [0.717, 1.165) is 6.42 Å². The van der Waals surface area contributed by atoms with Gasteiger partial charge in [-0.1, -0.05) is 23.2 Å². The Labute approximate surface area is 187 Å². The molecule has 0 amide bonds. The van der Waals surface area contributed by atoms with E-state index >= 15 is 0 Å². The molecule has 1 aliphatic rings. The molecule has 0 bridgehead atoms. The zero-order valence-corrected chi connectivity index (χ0v) is 18.1. The molecule has 0 aliphatic carbocycles. The second kappa shape index (κ2) is 8.31. The number of aromatic nitrogens is 2. The van der Waals surface area contributed by atoms with Gasteiger partial charge in [0.1, 0.15) is 11.8 Å². The van der Waals surface area contributed by atoms with Gasteiger partial charge in [0.05, 0.1) is 15.6 Å². The van der Waals surface area contributed by atoms with Gasteiger partial charge >= 0.3 is 11.7 Å². The highest BCUT2D eigenvalue weighted by molar-refractivity contribution is 7.92. The van der Waals surface area contributed by atoms with E-state index in [1.807, 2.05) is 0 Å². The number of nitrogens with zero attached hydrogens (tertiary/aromatic N) is 4. The lowest BCUT2D eigenvalue weighted by atomic mass is 10.1. The van der Waals surface area contributed by atoms with Crippen LogP contribution in [0.2, 0.25) is 10.0 Å². The SMILES string of the molecule is N#Cc1nn(-c2c(Cl)cc(C(F)(F)F)cc2Cl)c(N2CCCCC2)c1S(=O)(=O)C(F)(F)F. The highest BCUT2D eigenvalue weighted by atomic mass is 35.5. The molecule has 0 N–H and O–H groups in total. The number of halogens is 8. The van der Waals surface area contributed by atoms with Crippen molar-refractivity contribution < 1.29 is 34.8 Å². The molecule has 6 nitrogen and oxygen atoms in total. The average Bonchev–Trinajstić information content (AvgIpc) is 3.06. The van der Waals surface area contributed by atoms with E-state index in [1.165, 1.54) is 11.0 Å². The molecule has 15 heteroatoms. The zero-order valence-electron chi connectivity index (χ0n) is 15.7. The Morgan fingerprint density at radius 3 is 1.97 bits per heavy atom. The van der Waals surface area contributed by atoms with Crippen molar-refractivity contribution in [1.82, 2.24) is 9.78 Å². The third-order valence-corrected chi connectivity index (χ3v) is 6.81. The Morgan fingerprint density at radius 1 is 1.00 bits per heavy atom. The van der Waals surface area contributed by atoms with Crippen LogP contribution in [0, 0.1) is 11.3 Å². The quantitative estimate of drug-likeness (QED) is 0.509. The summed E-state index contributed by atoms with van der Waals surface area (Å²) in [6, 6.07) is 2.28. The number of piperidine rings is 1. The Morgan fingerprint density at radius 2 is 1.53 bits per heavy atom. The summed E-state index contributed by atoms with van der Waals surface area (Å²) >= 11 is 12.0. The van der Waals surface area contributed by atoms with Gasteiger partial charge < -0.3 is 4.90 Å². The molecule has 0 saturated carbocycles. The number of anilines is 1. The van der Waals surface area contributed by atoms with Crippen LogP contribution in [0.1, 0.15) is 30.5 Å². The molecule has 1 aromatic carbocycles. The Bertz CT molecular complexity index is 1170. The predicted octanol–water partition coefficient (Wildman–Crippen LogP) is 5.35. The van der Waals surface area contributed by atoms with E-state index < -0.39 is 59.2 Å². The molecule has 2 heterocycles. The van der Waals surface area contributed by atoms with Crippen LogP contribution in [0.4, 0.5) is 32.2 Å². The average molecular weight is 521 g/mol. The summed E-state index contributed by atoms with van der Waals surface area (Å²) in [4.78, 5) is -0.137. The second-order valence-corrected chi connectivity index (χ2v) is 9.50. The topological polar surface area (TPSA) is 79.0 Å². The molecule has 32 heavy (non-hydrogen) atoms. The van der Waals surface area contributed by atoms with Gasteiger partial charge in [0.15, 0.2) is 16.4 Å². The summed E-state index contributed by atoms with van der Waals surface area (Å²) in [6.07, 6.45) is -3.12. The van der Waals surface area contributed by atoms with Crippen molar-refractivity contribution in [3.05, 3.63) is 33.4 Å². The van der Waals surface area contributed by atoms with E-state index in [1.54, 1.807) is 0 Å². The minimum absolute atomic E-state index is 0.118. The molecule has 1 fully saturated rings. The van der Waals surface area contributed by atoms with Crippen LogP contribution >= 0.6 is 23.2 Å². The minimum Gasteiger partial charge on any atom is -0.355 e. The third kappa shape index (κ3) is 4.23. The fourth-order valence-electron chi connectivity index (χ4n) is 3.30. The van der Waals surface area contributed by atoms with Crippen LogP contribution in [-0.2, 0) is 16.0 Å². The Kier molecular flexibility index (Phi) is 6.36. The van der Waals surface area contributed by atoms with Gasteiger partial charge in [-0.25, -0.2) is 13.1 Å². The van der Waals surface area contributed by atoms with Gasteiger partial charge in [-0.3, -0.25) is 0 Å². The van der Waals surface area contributed by atoms with Crippen molar-refractivity contribution in [3.8, 4) is 11.8 Å². The van der Waals surface area contributed by atoms with Gasteiger partial charge in [0.2, 0.25) is 0 Å². The first-order valence-corrected chi connectivity index (χ1v) is 11.1. The maximum atomic E-state index is 13.4. The first kappa shape index (κ1) is 24.5. The van der Waals surface area contributed by atoms with Crippen LogP contribution in [-0.4, -0.2) is 36.8 Å². The summed E-state index contributed by atoms with van der Waals surface area (Å²) in [6.45, 7) is 0.236. The third-order valence-electron chi connectivity index (χ3n) is 4.71. The van der Waals surface area contributed by atoms with Crippen molar-refractivity contribution >= 4 is 38.9 Å². The first-order valence-electron chi connectivity index (χ1n) is 8.86. The molecule has 0 unspecified atom stereocenters. The lowest BCUT2D eigenvalue weighted by molar-refractivity contribution is -0.137. The van der Waals surface area contributed by atoms with E-state index in [9.17, 15) is 40.0 Å². The summed E-state index contributed by atoms with van der Waals surface area (Å²) in [5.74, 6) is -0.637. The largest absolute Gasteiger partial charge is 0.502 e. The zero-order chi connectivity index (χ0) is 24.1. The maximum Gasteiger partial charge on any atom is 0.502 e. The number of sulfone groups is 1. The molecule has 1 saturated heterocycles. The summed E-state index contributed by atoms with van der Waals surface area (Å²) < 4.78 is 105. The van der Waals surface area contributed by atoms with Crippen molar-refractivity contribution in [3.63, 3.8) is 0 Å². The van der Waals surface area contributed by atoms with Crippen molar-refractivity contribution in [2.75, 3.05) is 18.0 Å². The highest BCUT2D eigenvalue weighted by Crippen LogP contribution is 2.43. The van der Waals surface area contributed by atoms with Crippen LogP contribution in [0.3, 0.4) is 0 Å². The lowest BCUT2D eigenvalue weighted by Gasteiger charge is -2.30. The fraction of sp³-hybridized carbons (Fsp3) is 0.412. The number of benzene rings is 1. The van der Waals surface area contributed by atoms with E-state index in [2.05, 4.69) is 5.10 Å². The molecule has 1 aromatic heterocycles. The number of hydrogen-bond donors (Lipinski definition) is 0. The normalized spacial score (nSPS) is 15.7. The van der Waals surface area contributed by atoms with Crippen LogP contribution in [0.25, 0.3) is 5.69 Å². The molecule has 3 rings (SSSR count).